The highest BCUT2D eigenvalue weighted by atomic mass is 16.6. The second-order valence-electron chi connectivity index (χ2n) is 16.7. The third kappa shape index (κ3) is 48.0. The van der Waals surface area contributed by atoms with Gasteiger partial charge in [0.2, 0.25) is 0 Å². The quantitative estimate of drug-likeness (QED) is 0.0347. The molecule has 5 nitrogen and oxygen atoms in total. The average Bonchev–Trinajstić information content (AvgIpc) is 3.25. The van der Waals surface area contributed by atoms with Crippen LogP contribution in [0.4, 0.5) is 0 Å². The van der Waals surface area contributed by atoms with Gasteiger partial charge < -0.3 is 14.2 Å². The van der Waals surface area contributed by atoms with Gasteiger partial charge in [0.1, 0.15) is 6.61 Å². The van der Waals surface area contributed by atoms with Crippen LogP contribution in [-0.4, -0.2) is 37.9 Å². The predicted molar refractivity (Wildman–Crippen MR) is 260 cm³/mol. The molecule has 0 aliphatic carbocycles. The van der Waals surface area contributed by atoms with Crippen molar-refractivity contribution in [2.75, 3.05) is 19.8 Å². The molecule has 0 amide bonds. The highest BCUT2D eigenvalue weighted by Crippen LogP contribution is 2.15. The Kier molecular flexibility index (Phi) is 48.4. The normalized spacial score (nSPS) is 12.8. The van der Waals surface area contributed by atoms with Crippen molar-refractivity contribution in [1.29, 1.82) is 0 Å². The van der Waals surface area contributed by atoms with E-state index in [9.17, 15) is 9.59 Å². The first-order valence-electron chi connectivity index (χ1n) is 25.5. The Morgan fingerprint density at radius 3 is 1.32 bits per heavy atom. The number of allylic oxidation sites excluding steroid dienone is 12. The van der Waals surface area contributed by atoms with Gasteiger partial charge in [0.25, 0.3) is 0 Å². The molecular formula is C55H96O5. The summed E-state index contributed by atoms with van der Waals surface area (Å²) < 4.78 is 17.3. The van der Waals surface area contributed by atoms with Gasteiger partial charge in [0.15, 0.2) is 6.10 Å². The van der Waals surface area contributed by atoms with E-state index in [2.05, 4.69) is 93.7 Å². The predicted octanol–water partition coefficient (Wildman–Crippen LogP) is 17.1. The first-order chi connectivity index (χ1) is 29.6. The maximum Gasteiger partial charge on any atom is 0.306 e. The number of carbonyl (C=O) groups is 2. The molecule has 0 aromatic rings. The minimum Gasteiger partial charge on any atom is -0.462 e. The van der Waals surface area contributed by atoms with Crippen molar-refractivity contribution < 1.29 is 23.8 Å². The monoisotopic (exact) mass is 837 g/mol. The molecule has 0 fully saturated rings. The summed E-state index contributed by atoms with van der Waals surface area (Å²) in [6, 6.07) is 0. The van der Waals surface area contributed by atoms with Crippen molar-refractivity contribution in [1.82, 2.24) is 0 Å². The Morgan fingerprint density at radius 1 is 0.383 bits per heavy atom. The van der Waals surface area contributed by atoms with Gasteiger partial charge in [-0.15, -0.1) is 0 Å². The van der Waals surface area contributed by atoms with Gasteiger partial charge in [0.05, 0.1) is 6.61 Å². The maximum absolute atomic E-state index is 12.7. The number of rotatable bonds is 46. The Balaban J connectivity index is 4.32. The lowest BCUT2D eigenvalue weighted by Gasteiger charge is -2.18. The lowest BCUT2D eigenvalue weighted by molar-refractivity contribution is -0.163. The van der Waals surface area contributed by atoms with E-state index in [0.29, 0.717) is 19.4 Å². The summed E-state index contributed by atoms with van der Waals surface area (Å²) in [7, 11) is 0. The maximum atomic E-state index is 12.7. The second kappa shape index (κ2) is 50.7. The van der Waals surface area contributed by atoms with Crippen LogP contribution in [0.25, 0.3) is 0 Å². The third-order valence-corrected chi connectivity index (χ3v) is 10.7. The number of unbranched alkanes of at least 4 members (excludes halogenated alkanes) is 23. The molecule has 60 heavy (non-hydrogen) atoms. The van der Waals surface area contributed by atoms with Crippen molar-refractivity contribution in [3.8, 4) is 0 Å². The van der Waals surface area contributed by atoms with Crippen LogP contribution in [0.5, 0.6) is 0 Å². The third-order valence-electron chi connectivity index (χ3n) is 10.7. The molecule has 0 aromatic carbocycles. The lowest BCUT2D eigenvalue weighted by Crippen LogP contribution is -2.30. The molecular weight excluding hydrogens is 741 g/mol. The standard InChI is InChI=1S/C55H96O5/c1-4-7-10-13-16-19-22-24-26-28-29-31-34-36-39-42-45-48-54(56)59-52-53(60-55(57)49-46-43-40-37-33-21-18-15-12-9-6-3)51-58-50-47-44-41-38-35-32-30-27-25-23-20-17-14-11-8-5-2/h7,10,15-16,18-19,24,26,29,31,36,39,53H,4-6,8-9,11-14,17,20-23,25,27-28,30,32-35,37-38,40-52H2,1-3H3/b10-7-,18-15-,19-16-,26-24-,31-29-,39-36-. The topological polar surface area (TPSA) is 61.8 Å². The van der Waals surface area contributed by atoms with E-state index in [4.69, 9.17) is 14.2 Å². The zero-order chi connectivity index (χ0) is 43.5. The molecule has 1 unspecified atom stereocenters. The van der Waals surface area contributed by atoms with E-state index in [1.807, 2.05) is 0 Å². The smallest absolute Gasteiger partial charge is 0.306 e. The van der Waals surface area contributed by atoms with Gasteiger partial charge in [-0.2, -0.15) is 0 Å². The Hall–Kier alpha value is -2.66. The fourth-order valence-electron chi connectivity index (χ4n) is 6.94. The number of ether oxygens (including phenoxy) is 3. The molecule has 0 rings (SSSR count). The second-order valence-corrected chi connectivity index (χ2v) is 16.7. The largest absolute Gasteiger partial charge is 0.462 e. The number of esters is 2. The van der Waals surface area contributed by atoms with Crippen molar-refractivity contribution in [3.63, 3.8) is 0 Å². The first kappa shape index (κ1) is 57.3. The van der Waals surface area contributed by atoms with Crippen LogP contribution in [0.2, 0.25) is 0 Å². The van der Waals surface area contributed by atoms with Crippen molar-refractivity contribution in [2.45, 2.75) is 245 Å². The molecule has 0 aliphatic rings. The number of hydrogen-bond donors (Lipinski definition) is 0. The van der Waals surface area contributed by atoms with Crippen LogP contribution in [0.15, 0.2) is 72.9 Å². The van der Waals surface area contributed by atoms with E-state index in [0.717, 1.165) is 83.5 Å². The molecule has 0 aliphatic heterocycles. The Morgan fingerprint density at radius 2 is 0.783 bits per heavy atom. The molecule has 5 heteroatoms. The molecule has 0 spiro atoms. The molecule has 0 bridgehead atoms. The fraction of sp³-hybridized carbons (Fsp3) is 0.745. The summed E-state index contributed by atoms with van der Waals surface area (Å²) in [5.41, 5.74) is 0. The van der Waals surface area contributed by atoms with E-state index < -0.39 is 6.10 Å². The number of hydrogen-bond acceptors (Lipinski definition) is 5. The zero-order valence-corrected chi connectivity index (χ0v) is 39.7. The summed E-state index contributed by atoms with van der Waals surface area (Å²) in [5, 5.41) is 0. The van der Waals surface area contributed by atoms with E-state index >= 15 is 0 Å². The molecule has 0 aromatic heterocycles. The summed E-state index contributed by atoms with van der Waals surface area (Å²) in [5.74, 6) is -0.472. The van der Waals surface area contributed by atoms with Gasteiger partial charge in [-0.1, -0.05) is 222 Å². The minimum absolute atomic E-state index is 0.0526. The Labute approximate surface area is 372 Å². The van der Waals surface area contributed by atoms with Crippen molar-refractivity contribution >= 4 is 11.9 Å². The van der Waals surface area contributed by atoms with E-state index in [-0.39, 0.29) is 25.2 Å². The van der Waals surface area contributed by atoms with Crippen LogP contribution < -0.4 is 0 Å². The lowest BCUT2D eigenvalue weighted by atomic mass is 10.0. The molecule has 346 valence electrons. The summed E-state index contributed by atoms with van der Waals surface area (Å²) in [6.45, 7) is 7.63. The average molecular weight is 837 g/mol. The van der Waals surface area contributed by atoms with Gasteiger partial charge in [-0.25, -0.2) is 0 Å². The molecule has 0 saturated heterocycles. The van der Waals surface area contributed by atoms with Crippen LogP contribution in [0, 0.1) is 0 Å². The van der Waals surface area contributed by atoms with Crippen LogP contribution in [0.3, 0.4) is 0 Å². The van der Waals surface area contributed by atoms with Gasteiger partial charge in [-0.05, 0) is 77.0 Å². The summed E-state index contributed by atoms with van der Waals surface area (Å²) in [6.07, 6.45) is 64.9. The molecule has 0 heterocycles. The Bertz CT molecular complexity index is 1080. The van der Waals surface area contributed by atoms with Crippen LogP contribution in [0.1, 0.15) is 239 Å². The van der Waals surface area contributed by atoms with Gasteiger partial charge in [-0.3, -0.25) is 9.59 Å². The number of carbonyl (C=O) groups excluding carboxylic acids is 2. The summed E-state index contributed by atoms with van der Waals surface area (Å²) in [4.78, 5) is 25.3. The van der Waals surface area contributed by atoms with Crippen molar-refractivity contribution in [3.05, 3.63) is 72.9 Å². The highest BCUT2D eigenvalue weighted by Gasteiger charge is 2.17. The highest BCUT2D eigenvalue weighted by molar-refractivity contribution is 5.70. The summed E-state index contributed by atoms with van der Waals surface area (Å²) >= 11 is 0. The molecule has 1 atom stereocenters. The molecule has 0 saturated carbocycles. The molecule has 0 N–H and O–H groups in total. The van der Waals surface area contributed by atoms with Crippen LogP contribution in [-0.2, 0) is 23.8 Å². The first-order valence-corrected chi connectivity index (χ1v) is 25.5. The van der Waals surface area contributed by atoms with Gasteiger partial charge >= 0.3 is 11.9 Å². The van der Waals surface area contributed by atoms with Gasteiger partial charge in [0, 0.05) is 19.4 Å². The van der Waals surface area contributed by atoms with Crippen molar-refractivity contribution in [2.24, 2.45) is 0 Å². The SMILES string of the molecule is CC/C=C\C/C=C\C/C=C\C/C=C\C/C=C\CCCC(=O)OCC(COCCCCCCCCCCCCCCCCCC)OC(=O)CCCCCCC/C=C\CCCC. The van der Waals surface area contributed by atoms with E-state index in [1.165, 1.54) is 122 Å². The van der Waals surface area contributed by atoms with Crippen LogP contribution >= 0.6 is 0 Å². The minimum atomic E-state index is -0.562. The zero-order valence-electron chi connectivity index (χ0n) is 39.7. The molecule has 0 radical (unpaired) electrons. The fourth-order valence-corrected chi connectivity index (χ4v) is 6.94. The van der Waals surface area contributed by atoms with E-state index in [1.54, 1.807) is 0 Å².